The molecule has 1 aromatic heterocycles. The molecule has 31 heavy (non-hydrogen) atoms. The van der Waals surface area contributed by atoms with Gasteiger partial charge in [-0.15, -0.1) is 0 Å². The summed E-state index contributed by atoms with van der Waals surface area (Å²) in [6, 6.07) is 11.0. The maximum absolute atomic E-state index is 12.9. The van der Waals surface area contributed by atoms with Crippen LogP contribution >= 0.6 is 11.6 Å². The van der Waals surface area contributed by atoms with Crippen molar-refractivity contribution in [3.8, 4) is 22.9 Å². The van der Waals surface area contributed by atoms with Crippen LogP contribution in [0.4, 0.5) is 5.82 Å². The van der Waals surface area contributed by atoms with E-state index in [1.807, 2.05) is 32.0 Å². The average molecular weight is 444 g/mol. The Hall–Kier alpha value is -3.19. The first kappa shape index (κ1) is 22.5. The molecule has 2 aromatic carbocycles. The molecule has 0 saturated heterocycles. The molecule has 0 atom stereocenters. The summed E-state index contributed by atoms with van der Waals surface area (Å²) in [5, 5.41) is 3.56. The minimum absolute atomic E-state index is 0.259. The summed E-state index contributed by atoms with van der Waals surface area (Å²) >= 11 is 6.20. The van der Waals surface area contributed by atoms with Crippen molar-refractivity contribution < 1.29 is 14.2 Å². The number of aromatic nitrogens is 2. The van der Waals surface area contributed by atoms with Gasteiger partial charge in [-0.3, -0.25) is 9.36 Å². The molecule has 7 nitrogen and oxygen atoms in total. The summed E-state index contributed by atoms with van der Waals surface area (Å²) in [5.41, 5.74) is 1.44. The molecule has 0 aliphatic heterocycles. The van der Waals surface area contributed by atoms with E-state index in [9.17, 15) is 4.79 Å². The third-order valence-corrected chi connectivity index (χ3v) is 4.86. The molecule has 0 spiro atoms. The fraction of sp³-hybridized carbons (Fsp3) is 0.304. The second-order valence-corrected chi connectivity index (χ2v) is 7.00. The van der Waals surface area contributed by atoms with Crippen LogP contribution < -0.4 is 25.1 Å². The molecule has 0 bridgehead atoms. The van der Waals surface area contributed by atoms with Crippen LogP contribution in [-0.2, 0) is 6.42 Å². The van der Waals surface area contributed by atoms with Gasteiger partial charge in [-0.2, -0.15) is 0 Å². The van der Waals surface area contributed by atoms with Crippen LogP contribution in [0.1, 0.15) is 19.4 Å². The Bertz CT molecular complexity index is 1080. The van der Waals surface area contributed by atoms with E-state index in [1.165, 1.54) is 4.57 Å². The maximum atomic E-state index is 12.9. The van der Waals surface area contributed by atoms with Crippen molar-refractivity contribution in [1.29, 1.82) is 0 Å². The van der Waals surface area contributed by atoms with E-state index >= 15 is 0 Å². The predicted octanol–water partition coefficient (Wildman–Crippen LogP) is 4.35. The van der Waals surface area contributed by atoms with Gasteiger partial charge in [-0.05, 0) is 56.2 Å². The zero-order chi connectivity index (χ0) is 22.2. The largest absolute Gasteiger partial charge is 0.495 e. The van der Waals surface area contributed by atoms with Gasteiger partial charge in [0.1, 0.15) is 5.75 Å². The van der Waals surface area contributed by atoms with E-state index < -0.39 is 0 Å². The molecule has 0 aliphatic carbocycles. The molecular weight excluding hydrogens is 418 g/mol. The Morgan fingerprint density at radius 1 is 1.03 bits per heavy atom. The van der Waals surface area contributed by atoms with Crippen molar-refractivity contribution in [2.24, 2.45) is 0 Å². The van der Waals surface area contributed by atoms with Gasteiger partial charge in [0.05, 0.1) is 31.0 Å². The quantitative estimate of drug-likeness (QED) is 0.502. The number of hydrogen-bond donors (Lipinski definition) is 1. The zero-order valence-electron chi connectivity index (χ0n) is 17.9. The van der Waals surface area contributed by atoms with Gasteiger partial charge in [0.2, 0.25) is 0 Å². The summed E-state index contributed by atoms with van der Waals surface area (Å²) in [6.45, 7) is 5.55. The Kier molecular flexibility index (Phi) is 7.78. The topological polar surface area (TPSA) is 74.6 Å². The predicted molar refractivity (Wildman–Crippen MR) is 122 cm³/mol. The Morgan fingerprint density at radius 2 is 1.77 bits per heavy atom. The molecule has 0 unspecified atom stereocenters. The lowest BCUT2D eigenvalue weighted by atomic mass is 10.1. The SMILES string of the molecule is CCOc1ccc(CCNc2nccn(-c3ccc(OC)c(Cl)c3)c2=O)cc1OCC. The van der Waals surface area contributed by atoms with E-state index in [0.29, 0.717) is 42.6 Å². The maximum Gasteiger partial charge on any atom is 0.297 e. The van der Waals surface area contributed by atoms with Crippen LogP contribution in [0.3, 0.4) is 0 Å². The summed E-state index contributed by atoms with van der Waals surface area (Å²) in [4.78, 5) is 17.1. The highest BCUT2D eigenvalue weighted by Gasteiger charge is 2.10. The highest BCUT2D eigenvalue weighted by molar-refractivity contribution is 6.32. The second-order valence-electron chi connectivity index (χ2n) is 6.59. The number of methoxy groups -OCH3 is 1. The number of rotatable bonds is 10. The minimum atomic E-state index is -0.259. The number of anilines is 1. The first-order valence-electron chi connectivity index (χ1n) is 10.1. The van der Waals surface area contributed by atoms with Crippen molar-refractivity contribution in [2.45, 2.75) is 20.3 Å². The third-order valence-electron chi connectivity index (χ3n) is 4.57. The first-order valence-corrected chi connectivity index (χ1v) is 10.5. The highest BCUT2D eigenvalue weighted by atomic mass is 35.5. The molecule has 0 aliphatic rings. The van der Waals surface area contributed by atoms with Crippen molar-refractivity contribution >= 4 is 17.4 Å². The summed E-state index contributed by atoms with van der Waals surface area (Å²) in [6.07, 6.45) is 3.87. The van der Waals surface area contributed by atoms with Gasteiger partial charge in [0.25, 0.3) is 5.56 Å². The molecule has 0 radical (unpaired) electrons. The monoisotopic (exact) mass is 443 g/mol. The number of halogens is 1. The number of hydrogen-bond acceptors (Lipinski definition) is 6. The summed E-state index contributed by atoms with van der Waals surface area (Å²) < 4.78 is 17.9. The van der Waals surface area contributed by atoms with Gasteiger partial charge < -0.3 is 19.5 Å². The number of ether oxygens (including phenoxy) is 3. The molecule has 1 N–H and O–H groups in total. The van der Waals surface area contributed by atoms with Crippen LogP contribution in [0, 0.1) is 0 Å². The Morgan fingerprint density at radius 3 is 2.48 bits per heavy atom. The lowest BCUT2D eigenvalue weighted by Gasteiger charge is -2.13. The normalized spacial score (nSPS) is 10.6. The van der Waals surface area contributed by atoms with E-state index in [4.69, 9.17) is 25.8 Å². The number of benzene rings is 2. The van der Waals surface area contributed by atoms with Gasteiger partial charge in [-0.25, -0.2) is 4.98 Å². The average Bonchev–Trinajstić information content (AvgIpc) is 2.77. The van der Waals surface area contributed by atoms with Crippen molar-refractivity contribution in [3.63, 3.8) is 0 Å². The zero-order valence-corrected chi connectivity index (χ0v) is 18.6. The Balaban J connectivity index is 1.72. The lowest BCUT2D eigenvalue weighted by Crippen LogP contribution is -2.24. The molecule has 0 saturated carbocycles. The van der Waals surface area contributed by atoms with Crippen LogP contribution in [0.25, 0.3) is 5.69 Å². The molecule has 164 valence electrons. The highest BCUT2D eigenvalue weighted by Crippen LogP contribution is 2.29. The molecule has 8 heteroatoms. The van der Waals surface area contributed by atoms with Crippen LogP contribution in [0.5, 0.6) is 17.2 Å². The molecule has 0 fully saturated rings. The molecule has 3 aromatic rings. The van der Waals surface area contributed by atoms with Crippen LogP contribution in [0.2, 0.25) is 5.02 Å². The van der Waals surface area contributed by atoms with E-state index in [0.717, 1.165) is 17.1 Å². The van der Waals surface area contributed by atoms with E-state index in [2.05, 4.69) is 10.3 Å². The second kappa shape index (κ2) is 10.7. The van der Waals surface area contributed by atoms with Gasteiger partial charge in [0.15, 0.2) is 17.3 Å². The third kappa shape index (κ3) is 5.49. The molecular formula is C23H26ClN3O4. The fourth-order valence-electron chi connectivity index (χ4n) is 3.12. The van der Waals surface area contributed by atoms with Gasteiger partial charge >= 0.3 is 0 Å². The lowest BCUT2D eigenvalue weighted by molar-refractivity contribution is 0.287. The Labute approximate surface area is 186 Å². The molecule has 0 amide bonds. The molecule has 3 rings (SSSR count). The van der Waals surface area contributed by atoms with Crippen LogP contribution in [0.15, 0.2) is 53.6 Å². The van der Waals surface area contributed by atoms with Crippen LogP contribution in [-0.4, -0.2) is 36.4 Å². The van der Waals surface area contributed by atoms with Crippen molar-refractivity contribution in [3.05, 3.63) is 69.7 Å². The molecule has 1 heterocycles. The minimum Gasteiger partial charge on any atom is -0.495 e. The summed E-state index contributed by atoms with van der Waals surface area (Å²) in [7, 11) is 1.54. The van der Waals surface area contributed by atoms with Gasteiger partial charge in [-0.1, -0.05) is 17.7 Å². The summed E-state index contributed by atoms with van der Waals surface area (Å²) in [5.74, 6) is 2.27. The smallest absolute Gasteiger partial charge is 0.297 e. The van der Waals surface area contributed by atoms with E-state index in [-0.39, 0.29) is 11.4 Å². The van der Waals surface area contributed by atoms with Crippen molar-refractivity contribution in [1.82, 2.24) is 9.55 Å². The standard InChI is InChI=1S/C23H26ClN3O4/c1-4-30-20-8-6-16(14-21(20)31-5-2)10-11-25-22-23(28)27(13-12-26-22)17-7-9-19(29-3)18(24)15-17/h6-9,12-15H,4-5,10-11H2,1-3H3,(H,25,26). The van der Waals surface area contributed by atoms with E-state index in [1.54, 1.807) is 37.7 Å². The fourth-order valence-corrected chi connectivity index (χ4v) is 3.37. The van der Waals surface area contributed by atoms with Gasteiger partial charge in [0, 0.05) is 18.9 Å². The van der Waals surface area contributed by atoms with Crippen molar-refractivity contribution in [2.75, 3.05) is 32.2 Å². The first-order chi connectivity index (χ1) is 15.1. The number of nitrogens with one attached hydrogen (secondary N) is 1. The number of nitrogens with zero attached hydrogens (tertiary/aromatic N) is 2.